The number of H-pyrrole nitrogens is 1. The topological polar surface area (TPSA) is 75.6 Å². The SMILES string of the molecule is Cc1ccc(CNC(=O)C(C)Sc2nnc(-c3c[nH]c4ccccc34)n2C2CC2)cc1. The Hall–Kier alpha value is -3.06. The molecule has 1 aliphatic rings. The molecule has 158 valence electrons. The van der Waals surface area contributed by atoms with Crippen LogP contribution in [0, 0.1) is 6.92 Å². The summed E-state index contributed by atoms with van der Waals surface area (Å²) in [7, 11) is 0. The lowest BCUT2D eigenvalue weighted by Crippen LogP contribution is -2.30. The molecule has 2 heterocycles. The van der Waals surface area contributed by atoms with Gasteiger partial charge in [0.25, 0.3) is 0 Å². The first-order valence-electron chi connectivity index (χ1n) is 10.6. The predicted molar refractivity (Wildman–Crippen MR) is 124 cm³/mol. The Morgan fingerprint density at radius 3 is 2.74 bits per heavy atom. The van der Waals surface area contributed by atoms with Gasteiger partial charge in [-0.2, -0.15) is 0 Å². The number of amides is 1. The van der Waals surface area contributed by atoms with E-state index in [2.05, 4.69) is 56.3 Å². The van der Waals surface area contributed by atoms with Crippen LogP contribution in [0.25, 0.3) is 22.3 Å². The maximum Gasteiger partial charge on any atom is 0.233 e. The number of aryl methyl sites for hydroxylation is 1. The number of aromatic amines is 1. The van der Waals surface area contributed by atoms with Gasteiger partial charge in [-0.1, -0.05) is 59.8 Å². The van der Waals surface area contributed by atoms with E-state index in [0.717, 1.165) is 45.9 Å². The summed E-state index contributed by atoms with van der Waals surface area (Å²) < 4.78 is 2.21. The van der Waals surface area contributed by atoms with Gasteiger partial charge in [0.15, 0.2) is 11.0 Å². The third-order valence-corrected chi connectivity index (χ3v) is 6.70. The lowest BCUT2D eigenvalue weighted by Gasteiger charge is -2.13. The second-order valence-corrected chi connectivity index (χ2v) is 9.43. The van der Waals surface area contributed by atoms with Crippen molar-refractivity contribution >= 4 is 28.6 Å². The Kier molecular flexibility index (Phi) is 5.28. The second kappa shape index (κ2) is 8.23. The van der Waals surface area contributed by atoms with Crippen LogP contribution in [0.4, 0.5) is 0 Å². The molecule has 1 aliphatic carbocycles. The smallest absolute Gasteiger partial charge is 0.233 e. The zero-order valence-electron chi connectivity index (χ0n) is 17.6. The summed E-state index contributed by atoms with van der Waals surface area (Å²) in [6.45, 7) is 4.51. The summed E-state index contributed by atoms with van der Waals surface area (Å²) in [5.41, 5.74) is 4.45. The molecule has 2 N–H and O–H groups in total. The zero-order valence-corrected chi connectivity index (χ0v) is 18.4. The molecule has 0 spiro atoms. The number of fused-ring (bicyclic) bond motifs is 1. The highest BCUT2D eigenvalue weighted by atomic mass is 32.2. The van der Waals surface area contributed by atoms with E-state index in [4.69, 9.17) is 0 Å². The van der Waals surface area contributed by atoms with Crippen molar-refractivity contribution in [1.82, 2.24) is 25.1 Å². The average molecular weight is 432 g/mol. The summed E-state index contributed by atoms with van der Waals surface area (Å²) in [5.74, 6) is 0.874. The lowest BCUT2D eigenvalue weighted by molar-refractivity contribution is -0.120. The van der Waals surface area contributed by atoms with Crippen molar-refractivity contribution < 1.29 is 4.79 Å². The molecule has 1 fully saturated rings. The van der Waals surface area contributed by atoms with Crippen molar-refractivity contribution in [3.63, 3.8) is 0 Å². The molecular weight excluding hydrogens is 406 g/mol. The normalized spacial score (nSPS) is 14.6. The molecule has 7 heteroatoms. The highest BCUT2D eigenvalue weighted by Gasteiger charge is 2.32. The van der Waals surface area contributed by atoms with Gasteiger partial charge in [-0.25, -0.2) is 0 Å². The van der Waals surface area contributed by atoms with Gasteiger partial charge in [0.2, 0.25) is 5.91 Å². The minimum atomic E-state index is -0.261. The number of rotatable bonds is 7. The molecule has 6 nitrogen and oxygen atoms in total. The largest absolute Gasteiger partial charge is 0.360 e. The van der Waals surface area contributed by atoms with Crippen LogP contribution in [0.3, 0.4) is 0 Å². The van der Waals surface area contributed by atoms with Gasteiger partial charge in [-0.05, 0) is 38.3 Å². The maximum atomic E-state index is 12.7. The van der Waals surface area contributed by atoms with E-state index in [1.807, 2.05) is 37.4 Å². The fourth-order valence-corrected chi connectivity index (χ4v) is 4.65. The van der Waals surface area contributed by atoms with Gasteiger partial charge in [-0.15, -0.1) is 10.2 Å². The predicted octanol–water partition coefficient (Wildman–Crippen LogP) is 4.87. The summed E-state index contributed by atoms with van der Waals surface area (Å²) in [6.07, 6.45) is 4.24. The number of aromatic nitrogens is 4. The number of hydrogen-bond donors (Lipinski definition) is 2. The van der Waals surface area contributed by atoms with Crippen LogP contribution in [0.5, 0.6) is 0 Å². The lowest BCUT2D eigenvalue weighted by atomic mass is 10.1. The van der Waals surface area contributed by atoms with E-state index in [9.17, 15) is 4.79 Å². The molecule has 1 atom stereocenters. The van der Waals surface area contributed by atoms with E-state index in [1.165, 1.54) is 17.3 Å². The van der Waals surface area contributed by atoms with Crippen LogP contribution in [-0.4, -0.2) is 30.9 Å². The van der Waals surface area contributed by atoms with Gasteiger partial charge in [0.05, 0.1) is 5.25 Å². The molecule has 31 heavy (non-hydrogen) atoms. The molecule has 1 amide bonds. The molecule has 5 rings (SSSR count). The first-order valence-corrected chi connectivity index (χ1v) is 11.5. The quantitative estimate of drug-likeness (QED) is 0.410. The van der Waals surface area contributed by atoms with Crippen molar-refractivity contribution in [3.8, 4) is 11.4 Å². The number of carbonyl (C=O) groups is 1. The molecule has 4 aromatic rings. The molecule has 1 saturated carbocycles. The monoisotopic (exact) mass is 431 g/mol. The van der Waals surface area contributed by atoms with Crippen molar-refractivity contribution in [1.29, 1.82) is 0 Å². The Bertz CT molecular complexity index is 1220. The molecule has 2 aromatic carbocycles. The fourth-order valence-electron chi connectivity index (χ4n) is 3.71. The van der Waals surface area contributed by atoms with Gasteiger partial charge in [0.1, 0.15) is 0 Å². The summed E-state index contributed by atoms with van der Waals surface area (Å²) in [4.78, 5) is 16.0. The third kappa shape index (κ3) is 4.10. The van der Waals surface area contributed by atoms with E-state index in [0.29, 0.717) is 12.6 Å². The van der Waals surface area contributed by atoms with Crippen LogP contribution in [0.15, 0.2) is 59.9 Å². The number of hydrogen-bond acceptors (Lipinski definition) is 4. The average Bonchev–Trinajstić information content (AvgIpc) is 3.40. The molecule has 0 bridgehead atoms. The van der Waals surface area contributed by atoms with Gasteiger partial charge >= 0.3 is 0 Å². The highest BCUT2D eigenvalue weighted by Crippen LogP contribution is 2.42. The van der Waals surface area contributed by atoms with Crippen molar-refractivity contribution in [2.75, 3.05) is 0 Å². The van der Waals surface area contributed by atoms with Crippen LogP contribution in [0.1, 0.15) is 36.9 Å². The molecule has 0 radical (unpaired) electrons. The second-order valence-electron chi connectivity index (χ2n) is 8.12. The van der Waals surface area contributed by atoms with E-state index < -0.39 is 0 Å². The number of para-hydroxylation sites is 1. The van der Waals surface area contributed by atoms with Crippen molar-refractivity contribution in [3.05, 3.63) is 65.9 Å². The first-order chi connectivity index (χ1) is 15.1. The Labute approximate surface area is 185 Å². The number of thioether (sulfide) groups is 1. The maximum absolute atomic E-state index is 12.7. The minimum Gasteiger partial charge on any atom is -0.360 e. The van der Waals surface area contributed by atoms with Crippen LogP contribution >= 0.6 is 11.8 Å². The Balaban J connectivity index is 1.33. The highest BCUT2D eigenvalue weighted by molar-refractivity contribution is 8.00. The van der Waals surface area contributed by atoms with Crippen LogP contribution in [-0.2, 0) is 11.3 Å². The van der Waals surface area contributed by atoms with E-state index in [-0.39, 0.29) is 11.2 Å². The van der Waals surface area contributed by atoms with Gasteiger partial charge in [-0.3, -0.25) is 9.36 Å². The molecule has 1 unspecified atom stereocenters. The Morgan fingerprint density at radius 1 is 1.19 bits per heavy atom. The summed E-state index contributed by atoms with van der Waals surface area (Å²) >= 11 is 1.47. The summed E-state index contributed by atoms with van der Waals surface area (Å²) in [5, 5.41) is 13.7. The molecular formula is C24H25N5OS. The number of carbonyl (C=O) groups excluding carboxylic acids is 1. The summed E-state index contributed by atoms with van der Waals surface area (Å²) in [6, 6.07) is 16.8. The fraction of sp³-hybridized carbons (Fsp3) is 0.292. The van der Waals surface area contributed by atoms with E-state index in [1.54, 1.807) is 0 Å². The van der Waals surface area contributed by atoms with Crippen molar-refractivity contribution in [2.24, 2.45) is 0 Å². The van der Waals surface area contributed by atoms with Gasteiger partial charge < -0.3 is 10.3 Å². The molecule has 0 saturated heterocycles. The number of nitrogens with one attached hydrogen (secondary N) is 2. The van der Waals surface area contributed by atoms with Crippen LogP contribution in [0.2, 0.25) is 0 Å². The van der Waals surface area contributed by atoms with Crippen molar-refractivity contribution in [2.45, 2.75) is 49.7 Å². The third-order valence-electron chi connectivity index (χ3n) is 5.65. The number of benzene rings is 2. The minimum absolute atomic E-state index is 0.00423. The number of nitrogens with zero attached hydrogens (tertiary/aromatic N) is 3. The zero-order chi connectivity index (χ0) is 21.4. The Morgan fingerprint density at radius 2 is 1.97 bits per heavy atom. The first kappa shape index (κ1) is 19.9. The van der Waals surface area contributed by atoms with Crippen LogP contribution < -0.4 is 5.32 Å². The van der Waals surface area contributed by atoms with E-state index >= 15 is 0 Å². The molecule has 2 aromatic heterocycles. The standard InChI is InChI=1S/C24H25N5OS/c1-15-7-9-17(10-8-15)13-26-23(30)16(2)31-24-28-27-22(29(24)18-11-12-18)20-14-25-21-6-4-3-5-19(20)21/h3-10,14,16,18,25H,11-13H2,1-2H3,(H,26,30). The molecule has 0 aliphatic heterocycles. The van der Waals surface area contributed by atoms with Gasteiger partial charge in [0, 0.05) is 35.2 Å².